The molecule has 1 aliphatic carbocycles. The van der Waals surface area contributed by atoms with Gasteiger partial charge < -0.3 is 9.72 Å². The highest BCUT2D eigenvalue weighted by molar-refractivity contribution is 7.89. The van der Waals surface area contributed by atoms with Crippen LogP contribution in [0.25, 0.3) is 0 Å². The quantitative estimate of drug-likeness (QED) is 0.806. The predicted octanol–water partition coefficient (Wildman–Crippen LogP) is 1.49. The summed E-state index contributed by atoms with van der Waals surface area (Å²) < 4.78 is 32.3. The number of aromatic nitrogens is 1. The summed E-state index contributed by atoms with van der Waals surface area (Å²) >= 11 is 0. The van der Waals surface area contributed by atoms with E-state index in [1.807, 2.05) is 6.92 Å². The molecule has 112 valence electrons. The molecule has 1 fully saturated rings. The van der Waals surface area contributed by atoms with Gasteiger partial charge in [0.05, 0.1) is 6.61 Å². The van der Waals surface area contributed by atoms with Gasteiger partial charge in [-0.2, -0.15) is 0 Å². The van der Waals surface area contributed by atoms with Crippen LogP contribution in [0.15, 0.2) is 4.90 Å². The van der Waals surface area contributed by atoms with Gasteiger partial charge in [0.2, 0.25) is 10.0 Å². The molecule has 0 bridgehead atoms. The number of ether oxygens (including phenoxy) is 1. The lowest BCUT2D eigenvalue weighted by Gasteiger charge is -2.07. The lowest BCUT2D eigenvalue weighted by atomic mass is 10.2. The molecular weight excluding hydrogens is 280 g/mol. The number of nitrogens with one attached hydrogen (secondary N) is 2. The van der Waals surface area contributed by atoms with Gasteiger partial charge >= 0.3 is 5.97 Å². The summed E-state index contributed by atoms with van der Waals surface area (Å²) in [6, 6.07) is -0.000238. The third kappa shape index (κ3) is 2.73. The second kappa shape index (κ2) is 5.21. The number of esters is 1. The first-order chi connectivity index (χ1) is 9.27. The number of rotatable bonds is 5. The van der Waals surface area contributed by atoms with E-state index in [0.29, 0.717) is 17.2 Å². The first-order valence-electron chi connectivity index (χ1n) is 6.66. The van der Waals surface area contributed by atoms with Gasteiger partial charge in [0.25, 0.3) is 0 Å². The van der Waals surface area contributed by atoms with Crippen LogP contribution in [0, 0.1) is 19.8 Å². The zero-order valence-electron chi connectivity index (χ0n) is 12.1. The third-order valence-corrected chi connectivity index (χ3v) is 5.30. The van der Waals surface area contributed by atoms with Gasteiger partial charge in [-0.15, -0.1) is 0 Å². The summed E-state index contributed by atoms with van der Waals surface area (Å²) in [5.74, 6) is -0.164. The Morgan fingerprint density at radius 3 is 2.55 bits per heavy atom. The van der Waals surface area contributed by atoms with Crippen molar-refractivity contribution in [2.24, 2.45) is 5.92 Å². The first-order valence-corrected chi connectivity index (χ1v) is 8.14. The van der Waals surface area contributed by atoms with Crippen molar-refractivity contribution in [3.05, 3.63) is 17.0 Å². The molecule has 0 spiro atoms. The fourth-order valence-corrected chi connectivity index (χ4v) is 4.09. The van der Waals surface area contributed by atoms with Crippen LogP contribution in [0.1, 0.15) is 42.0 Å². The Morgan fingerprint density at radius 2 is 2.05 bits per heavy atom. The molecule has 2 rings (SSSR count). The van der Waals surface area contributed by atoms with Crippen LogP contribution in [-0.4, -0.2) is 32.0 Å². The minimum absolute atomic E-state index is 0.000238. The summed E-state index contributed by atoms with van der Waals surface area (Å²) in [6.45, 7) is 7.20. The zero-order valence-corrected chi connectivity index (χ0v) is 12.9. The number of sulfonamides is 1. The second-order valence-corrected chi connectivity index (χ2v) is 6.89. The van der Waals surface area contributed by atoms with Crippen LogP contribution in [-0.2, 0) is 14.8 Å². The molecule has 1 aromatic rings. The number of hydrogen-bond acceptors (Lipinski definition) is 4. The van der Waals surface area contributed by atoms with E-state index in [9.17, 15) is 13.2 Å². The Bertz CT molecular complexity index is 633. The fraction of sp³-hybridized carbons (Fsp3) is 0.615. The van der Waals surface area contributed by atoms with Crippen LogP contribution in [0.3, 0.4) is 0 Å². The van der Waals surface area contributed by atoms with E-state index in [-0.39, 0.29) is 23.2 Å². The summed E-state index contributed by atoms with van der Waals surface area (Å²) in [5, 5.41) is 0. The van der Waals surface area contributed by atoms with Crippen LogP contribution in [0.4, 0.5) is 0 Å². The van der Waals surface area contributed by atoms with Crippen molar-refractivity contribution in [3.8, 4) is 0 Å². The maximum Gasteiger partial charge on any atom is 0.355 e. The molecular formula is C13H20N2O4S. The molecule has 1 saturated carbocycles. The topological polar surface area (TPSA) is 88.3 Å². The molecule has 1 aromatic heterocycles. The molecule has 0 amide bonds. The normalized spacial score (nSPS) is 21.8. The number of carbonyl (C=O) groups is 1. The highest BCUT2D eigenvalue weighted by atomic mass is 32.2. The van der Waals surface area contributed by atoms with E-state index in [0.717, 1.165) is 6.42 Å². The van der Waals surface area contributed by atoms with Crippen LogP contribution in [0.2, 0.25) is 0 Å². The van der Waals surface area contributed by atoms with E-state index in [4.69, 9.17) is 4.74 Å². The average Bonchev–Trinajstić information content (AvgIpc) is 2.89. The van der Waals surface area contributed by atoms with Gasteiger partial charge in [-0.1, -0.05) is 6.92 Å². The Kier molecular flexibility index (Phi) is 3.93. The largest absolute Gasteiger partial charge is 0.461 e. The van der Waals surface area contributed by atoms with E-state index in [1.165, 1.54) is 0 Å². The molecule has 0 aliphatic heterocycles. The molecule has 0 saturated heterocycles. The van der Waals surface area contributed by atoms with Crippen LogP contribution >= 0.6 is 0 Å². The Morgan fingerprint density at radius 1 is 1.45 bits per heavy atom. The lowest BCUT2D eigenvalue weighted by molar-refractivity contribution is 0.0519. The average molecular weight is 300 g/mol. The zero-order chi connectivity index (χ0) is 15.1. The van der Waals surface area contributed by atoms with Crippen LogP contribution in [0.5, 0.6) is 0 Å². The van der Waals surface area contributed by atoms with Crippen molar-refractivity contribution in [3.63, 3.8) is 0 Å². The minimum Gasteiger partial charge on any atom is -0.461 e. The lowest BCUT2D eigenvalue weighted by Crippen LogP contribution is -2.27. The Labute approximate surface area is 119 Å². The Hall–Kier alpha value is -1.34. The van der Waals surface area contributed by atoms with Gasteiger partial charge in [-0.25, -0.2) is 17.9 Å². The standard InChI is InChI=1S/C13H20N2O4S/c1-5-19-13(16)11-8(3)12(9(4)14-11)20(17,18)15-10-6-7(10)2/h7,10,14-15H,5-6H2,1-4H3. The maximum absolute atomic E-state index is 12.4. The molecule has 0 radical (unpaired) electrons. The molecule has 2 atom stereocenters. The molecule has 0 aromatic carbocycles. The molecule has 6 nitrogen and oxygen atoms in total. The van der Waals surface area contributed by atoms with Gasteiger partial charge in [0, 0.05) is 17.3 Å². The molecule has 7 heteroatoms. The predicted molar refractivity (Wildman–Crippen MR) is 74.1 cm³/mol. The molecule has 2 unspecified atom stereocenters. The monoisotopic (exact) mass is 300 g/mol. The van der Waals surface area contributed by atoms with E-state index >= 15 is 0 Å². The summed E-state index contributed by atoms with van der Waals surface area (Å²) in [6.07, 6.45) is 0.854. The van der Waals surface area contributed by atoms with Gasteiger partial charge in [0.15, 0.2) is 0 Å². The van der Waals surface area contributed by atoms with Gasteiger partial charge in [-0.05, 0) is 33.1 Å². The van der Waals surface area contributed by atoms with E-state index < -0.39 is 16.0 Å². The number of hydrogen-bond donors (Lipinski definition) is 2. The number of H-pyrrole nitrogens is 1. The molecule has 2 N–H and O–H groups in total. The van der Waals surface area contributed by atoms with Crippen molar-refractivity contribution >= 4 is 16.0 Å². The van der Waals surface area contributed by atoms with Crippen molar-refractivity contribution in [1.82, 2.24) is 9.71 Å². The van der Waals surface area contributed by atoms with Gasteiger partial charge in [-0.3, -0.25) is 0 Å². The minimum atomic E-state index is -3.61. The van der Waals surface area contributed by atoms with Crippen molar-refractivity contribution < 1.29 is 17.9 Å². The molecule has 1 aliphatic rings. The van der Waals surface area contributed by atoms with Crippen molar-refractivity contribution in [2.45, 2.75) is 45.1 Å². The summed E-state index contributed by atoms with van der Waals surface area (Å²) in [7, 11) is -3.61. The summed E-state index contributed by atoms with van der Waals surface area (Å²) in [5.41, 5.74) is 1.06. The van der Waals surface area contributed by atoms with Crippen molar-refractivity contribution in [2.75, 3.05) is 6.61 Å². The SMILES string of the molecule is CCOC(=O)c1[nH]c(C)c(S(=O)(=O)NC2CC2C)c1C. The van der Waals surface area contributed by atoms with Crippen molar-refractivity contribution in [1.29, 1.82) is 0 Å². The van der Waals surface area contributed by atoms with E-state index in [2.05, 4.69) is 9.71 Å². The smallest absolute Gasteiger partial charge is 0.355 e. The highest BCUT2D eigenvalue weighted by Crippen LogP contribution is 2.32. The number of aromatic amines is 1. The number of aryl methyl sites for hydroxylation is 1. The molecule has 20 heavy (non-hydrogen) atoms. The first kappa shape index (κ1) is 15.1. The van der Waals surface area contributed by atoms with Gasteiger partial charge in [0.1, 0.15) is 10.6 Å². The van der Waals surface area contributed by atoms with E-state index in [1.54, 1.807) is 20.8 Å². The molecule has 1 heterocycles. The maximum atomic E-state index is 12.4. The summed E-state index contributed by atoms with van der Waals surface area (Å²) in [4.78, 5) is 14.7. The Balaban J connectivity index is 2.34. The second-order valence-electron chi connectivity index (χ2n) is 5.24. The third-order valence-electron chi connectivity index (χ3n) is 3.53. The van der Waals surface area contributed by atoms with Crippen LogP contribution < -0.4 is 4.72 Å². The fourth-order valence-electron chi connectivity index (χ4n) is 2.29. The number of carbonyl (C=O) groups excluding carboxylic acids is 1. The highest BCUT2D eigenvalue weighted by Gasteiger charge is 2.38.